The first-order chi connectivity index (χ1) is 37.2. The highest BCUT2D eigenvalue weighted by molar-refractivity contribution is 6.08. The molecule has 0 unspecified atom stereocenters. The van der Waals surface area contributed by atoms with Gasteiger partial charge in [-0.05, 0) is 24.3 Å². The second kappa shape index (κ2) is 20.0. The molecule has 9 rings (SSSR count). The smallest absolute Gasteiger partial charge is 0.342 e. The maximum atomic E-state index is 14.5. The van der Waals surface area contributed by atoms with Crippen LogP contribution < -0.4 is 9.47 Å². The van der Waals surface area contributed by atoms with Gasteiger partial charge >= 0.3 is 29.8 Å². The van der Waals surface area contributed by atoms with Crippen molar-refractivity contribution in [1.29, 1.82) is 0 Å². The molecule has 4 aliphatic rings. The average Bonchev–Trinajstić information content (AvgIpc) is 3.42. The molecule has 79 heavy (non-hydrogen) atoms. The van der Waals surface area contributed by atoms with Gasteiger partial charge in [-0.15, -0.1) is 0 Å². The van der Waals surface area contributed by atoms with Crippen LogP contribution in [-0.4, -0.2) is 192 Å². The normalized spacial score (nSPS) is 24.3. The summed E-state index contributed by atoms with van der Waals surface area (Å²) in [5.74, 6) is -26.8. The van der Waals surface area contributed by atoms with E-state index in [9.17, 15) is 111 Å². The van der Waals surface area contributed by atoms with Gasteiger partial charge in [0.05, 0.1) is 29.4 Å². The summed E-state index contributed by atoms with van der Waals surface area (Å²) in [6.45, 7) is -2.16. The molecule has 5 aromatic rings. The zero-order valence-corrected chi connectivity index (χ0v) is 39.5. The Morgan fingerprint density at radius 2 is 1.11 bits per heavy atom. The van der Waals surface area contributed by atoms with E-state index in [2.05, 4.69) is 0 Å². The molecule has 4 heterocycles. The molecule has 418 valence electrons. The van der Waals surface area contributed by atoms with E-state index in [-0.39, 0.29) is 5.56 Å². The fraction of sp³-hybridized carbons (Fsp3) is 0.271. The third-order valence-corrected chi connectivity index (χ3v) is 12.9. The predicted molar refractivity (Wildman–Crippen MR) is 244 cm³/mol. The molecule has 2 bridgehead atoms. The van der Waals surface area contributed by atoms with Crippen LogP contribution in [0.5, 0.6) is 92.0 Å². The van der Waals surface area contributed by atoms with Gasteiger partial charge < -0.3 is 129 Å². The topological polar surface area (TPSA) is 512 Å². The van der Waals surface area contributed by atoms with Crippen LogP contribution in [0.25, 0.3) is 11.1 Å². The monoisotopic (exact) mass is 1110 g/mol. The molecule has 0 aromatic heterocycles. The highest BCUT2D eigenvalue weighted by Crippen LogP contribution is 2.56. The maximum absolute atomic E-state index is 14.5. The predicted octanol–water partition coefficient (Wildman–Crippen LogP) is -0.115. The summed E-state index contributed by atoms with van der Waals surface area (Å²) in [6.07, 6.45) is -20.4. The van der Waals surface area contributed by atoms with E-state index in [0.717, 1.165) is 13.2 Å². The van der Waals surface area contributed by atoms with Crippen LogP contribution in [-0.2, 0) is 33.2 Å². The Hall–Kier alpha value is -9.79. The zero-order valence-electron chi connectivity index (χ0n) is 39.5. The Bertz CT molecular complexity index is 3380. The molecule has 10 atom stereocenters. The fourth-order valence-electron chi connectivity index (χ4n) is 8.93. The van der Waals surface area contributed by atoms with Crippen molar-refractivity contribution in [3.8, 4) is 103 Å². The molecule has 0 aliphatic carbocycles. The van der Waals surface area contributed by atoms with E-state index >= 15 is 0 Å². The first-order valence-corrected chi connectivity index (χ1v) is 22.5. The molecule has 31 heteroatoms. The van der Waals surface area contributed by atoms with Crippen LogP contribution >= 0.6 is 0 Å². The molecule has 0 saturated carbocycles. The summed E-state index contributed by atoms with van der Waals surface area (Å²) in [5.41, 5.74) is -7.06. The van der Waals surface area contributed by atoms with Gasteiger partial charge in [0, 0.05) is 28.8 Å². The van der Waals surface area contributed by atoms with Crippen molar-refractivity contribution in [2.75, 3.05) is 20.3 Å². The van der Waals surface area contributed by atoms with Gasteiger partial charge in [0.25, 0.3) is 0 Å². The Morgan fingerprint density at radius 1 is 0.544 bits per heavy atom. The number of carbonyl (C=O) groups excluding carboxylic acids is 5. The van der Waals surface area contributed by atoms with Crippen molar-refractivity contribution in [2.45, 2.75) is 61.2 Å². The van der Waals surface area contributed by atoms with Crippen LogP contribution in [0.3, 0.4) is 0 Å². The van der Waals surface area contributed by atoms with Crippen LogP contribution in [0.15, 0.2) is 36.4 Å². The Labute approximate surface area is 437 Å². The number of fused-ring (bicyclic) bond motifs is 8. The van der Waals surface area contributed by atoms with Gasteiger partial charge in [0.15, 0.2) is 81.6 Å². The average molecular weight is 1110 g/mol. The zero-order chi connectivity index (χ0) is 57.5. The lowest BCUT2D eigenvalue weighted by molar-refractivity contribution is -0.284. The number of phenolic OH excluding ortho intramolecular Hbond substituents is 13. The Kier molecular flexibility index (Phi) is 13.7. The van der Waals surface area contributed by atoms with Gasteiger partial charge in [-0.1, -0.05) is 0 Å². The van der Waals surface area contributed by atoms with Crippen molar-refractivity contribution < 1.29 is 153 Å². The largest absolute Gasteiger partial charge is 0.504 e. The number of esters is 5. The lowest BCUT2D eigenvalue weighted by Gasteiger charge is -2.44. The number of rotatable bonds is 8. The number of hydrogen-bond donors (Lipinski definition) is 17. The fourth-order valence-corrected chi connectivity index (χ4v) is 8.93. The minimum Gasteiger partial charge on any atom is -0.504 e. The molecule has 0 amide bonds. The molecule has 5 aromatic carbocycles. The molecular formula is C48H40O31. The number of phenols is 13. The summed E-state index contributed by atoms with van der Waals surface area (Å²) < 4.78 is 48.0. The Morgan fingerprint density at radius 3 is 1.77 bits per heavy atom. The molecule has 2 fully saturated rings. The van der Waals surface area contributed by atoms with Gasteiger partial charge in [-0.2, -0.15) is 0 Å². The standard InChI is InChI=1S/C48H40O31/c1-71-39-18(52)5-12-25(35(39)62)40-42(78-46(12)69)37(64)31(58)21(75-40)8-73-45(68)14-7-20(30(57)36(63)26(14)53)74-19-6-13-24(34(61)29(19)56)23-11(4-17(51)28(55)33(23)60)44(67)72-9-22-32(59)41(77-47(13)70)38(65)48(76-22)79-43(66)10-2-15(49)27(54)16(50)3-10/h2-7,21-22,31-32,37-38,40-42,48-65H,8-9H2,1H3/t21-,22+,31+,32+,37+,38+,40-,41-,42+,48-/m0/s1. The third-order valence-electron chi connectivity index (χ3n) is 12.9. The summed E-state index contributed by atoms with van der Waals surface area (Å²) in [6, 6.07) is 3.40. The van der Waals surface area contributed by atoms with Gasteiger partial charge in [0.1, 0.15) is 55.4 Å². The molecule has 4 aliphatic heterocycles. The van der Waals surface area contributed by atoms with Crippen LogP contribution in [0.1, 0.15) is 63.5 Å². The van der Waals surface area contributed by atoms with Crippen LogP contribution in [0.2, 0.25) is 0 Å². The number of benzene rings is 5. The quantitative estimate of drug-likeness (QED) is 0.0547. The number of methoxy groups -OCH3 is 1. The lowest BCUT2D eigenvalue weighted by Crippen LogP contribution is -2.61. The number of ether oxygens (including phenoxy) is 9. The number of carbonyl (C=O) groups is 5. The van der Waals surface area contributed by atoms with Crippen molar-refractivity contribution in [3.05, 3.63) is 69.8 Å². The maximum Gasteiger partial charge on any atom is 0.342 e. The van der Waals surface area contributed by atoms with Gasteiger partial charge in [0.2, 0.25) is 35.0 Å². The molecule has 2 saturated heterocycles. The second-order valence-corrected chi connectivity index (χ2v) is 17.6. The SMILES string of the molecule is COc1c(O)cc2c(c1O)[C@@H]1O[C@@H](COC(=O)c3cc(Oc4cc5c(c(O)c4O)-c4c(cc(O)c(O)c4O)C(=O)OC[C@H]4O[C@@H](OC(=O)c6cc(O)c(O)c(O)c6)[C@H](O)[C@@H](OC5=O)[C@@H]4O)c(O)c(O)c3O)[C@@H](O)[C@@H](O)[C@H]1OC2=O. The number of cyclic esters (lactones) is 1. The first-order valence-electron chi connectivity index (χ1n) is 22.5. The van der Waals surface area contributed by atoms with E-state index in [1.807, 2.05) is 0 Å². The molecule has 17 N–H and O–H groups in total. The van der Waals surface area contributed by atoms with E-state index in [0.29, 0.717) is 30.3 Å². The van der Waals surface area contributed by atoms with E-state index in [4.69, 9.17) is 42.6 Å². The van der Waals surface area contributed by atoms with E-state index < -0.39 is 235 Å². The first kappa shape index (κ1) is 54.0. The molecule has 0 spiro atoms. The minimum atomic E-state index is -2.44. The Balaban J connectivity index is 1.06. The summed E-state index contributed by atoms with van der Waals surface area (Å²) in [4.78, 5) is 67.8. The number of aliphatic hydroxyl groups is 4. The third kappa shape index (κ3) is 9.01. The summed E-state index contributed by atoms with van der Waals surface area (Å²) in [5, 5.41) is 183. The van der Waals surface area contributed by atoms with Crippen LogP contribution in [0, 0.1) is 0 Å². The summed E-state index contributed by atoms with van der Waals surface area (Å²) in [7, 11) is 1.06. The molecule has 31 nitrogen and oxygen atoms in total. The molecule has 0 radical (unpaired) electrons. The minimum absolute atomic E-state index is 0.368. The lowest BCUT2D eigenvalue weighted by atomic mass is 9.86. The van der Waals surface area contributed by atoms with E-state index in [1.54, 1.807) is 0 Å². The van der Waals surface area contributed by atoms with Crippen molar-refractivity contribution in [1.82, 2.24) is 0 Å². The second-order valence-electron chi connectivity index (χ2n) is 17.6. The van der Waals surface area contributed by atoms with Crippen molar-refractivity contribution in [2.24, 2.45) is 0 Å². The van der Waals surface area contributed by atoms with Crippen molar-refractivity contribution in [3.63, 3.8) is 0 Å². The number of aliphatic hydroxyl groups excluding tert-OH is 4. The highest BCUT2D eigenvalue weighted by atomic mass is 16.7. The number of hydrogen-bond acceptors (Lipinski definition) is 31. The number of aromatic hydroxyl groups is 13. The van der Waals surface area contributed by atoms with Gasteiger partial charge in [-0.25, -0.2) is 24.0 Å². The van der Waals surface area contributed by atoms with E-state index in [1.165, 1.54) is 0 Å². The van der Waals surface area contributed by atoms with Crippen molar-refractivity contribution >= 4 is 29.8 Å². The van der Waals surface area contributed by atoms with Crippen LogP contribution in [0.4, 0.5) is 0 Å². The summed E-state index contributed by atoms with van der Waals surface area (Å²) >= 11 is 0. The highest BCUT2D eigenvalue weighted by Gasteiger charge is 2.53. The van der Waals surface area contributed by atoms with Gasteiger partial charge in [-0.3, -0.25) is 0 Å². The molecular weight excluding hydrogens is 1070 g/mol.